The number of hydrogen-bond donors (Lipinski definition) is 1. The van der Waals surface area contributed by atoms with Crippen LogP contribution in [0.3, 0.4) is 0 Å². The second kappa shape index (κ2) is 12.6. The number of amides is 2. The van der Waals surface area contributed by atoms with Crippen LogP contribution in [-0.4, -0.2) is 49.8 Å². The van der Waals surface area contributed by atoms with E-state index in [1.165, 1.54) is 17.0 Å². The minimum atomic E-state index is -4.08. The minimum absolute atomic E-state index is 0.0714. The van der Waals surface area contributed by atoms with Gasteiger partial charge >= 0.3 is 0 Å². The molecule has 0 fully saturated rings. The Morgan fingerprint density at radius 3 is 2.11 bits per heavy atom. The monoisotopic (exact) mass is 599 g/mol. The molecule has 7 nitrogen and oxygen atoms in total. The lowest BCUT2D eigenvalue weighted by molar-refractivity contribution is -0.139. The van der Waals surface area contributed by atoms with Gasteiger partial charge in [0.05, 0.1) is 10.6 Å². The van der Waals surface area contributed by atoms with Crippen molar-refractivity contribution in [1.82, 2.24) is 10.2 Å². The Labute approximate surface area is 234 Å². The molecule has 0 aliphatic carbocycles. The highest BCUT2D eigenvalue weighted by molar-refractivity contribution is 9.10. The number of halogens is 1. The number of rotatable bonds is 10. The van der Waals surface area contributed by atoms with Gasteiger partial charge in [0.15, 0.2) is 0 Å². The quantitative estimate of drug-likeness (QED) is 0.354. The Bertz CT molecular complexity index is 1340. The van der Waals surface area contributed by atoms with Crippen molar-refractivity contribution in [2.45, 2.75) is 50.6 Å². The molecule has 0 saturated carbocycles. The fraction of sp³-hybridized carbons (Fsp3) is 0.310. The molecule has 0 bridgehead atoms. The van der Waals surface area contributed by atoms with E-state index in [1.807, 2.05) is 51.1 Å². The van der Waals surface area contributed by atoms with Crippen LogP contribution < -0.4 is 9.62 Å². The van der Waals surface area contributed by atoms with Gasteiger partial charge in [0.1, 0.15) is 12.6 Å². The van der Waals surface area contributed by atoms with Crippen molar-refractivity contribution in [1.29, 1.82) is 0 Å². The molecule has 0 spiro atoms. The van der Waals surface area contributed by atoms with Gasteiger partial charge in [-0.2, -0.15) is 0 Å². The zero-order valence-corrected chi connectivity index (χ0v) is 24.5. The van der Waals surface area contributed by atoms with Gasteiger partial charge in [-0.3, -0.25) is 13.9 Å². The number of anilines is 1. The maximum atomic E-state index is 13.9. The summed E-state index contributed by atoms with van der Waals surface area (Å²) in [5.74, 6) is -0.782. The van der Waals surface area contributed by atoms with E-state index >= 15 is 0 Å². The molecule has 0 aromatic heterocycles. The second-order valence-corrected chi connectivity index (χ2v) is 12.8. The van der Waals surface area contributed by atoms with Gasteiger partial charge < -0.3 is 10.2 Å². The molecule has 0 aliphatic rings. The van der Waals surface area contributed by atoms with Crippen LogP contribution in [0.5, 0.6) is 0 Å². The molecule has 0 aliphatic heterocycles. The highest BCUT2D eigenvalue weighted by Crippen LogP contribution is 2.26. The van der Waals surface area contributed by atoms with Crippen molar-refractivity contribution >= 4 is 43.5 Å². The first-order chi connectivity index (χ1) is 17.9. The normalized spacial score (nSPS) is 12.4. The molecular formula is C29H34BrN3O4S. The third-order valence-corrected chi connectivity index (χ3v) is 8.14. The Kier molecular flexibility index (Phi) is 9.73. The molecule has 0 unspecified atom stereocenters. The number of benzene rings is 3. The van der Waals surface area contributed by atoms with E-state index in [-0.39, 0.29) is 17.3 Å². The van der Waals surface area contributed by atoms with E-state index in [0.717, 1.165) is 9.87 Å². The van der Waals surface area contributed by atoms with Crippen LogP contribution in [0.25, 0.3) is 0 Å². The molecule has 1 N–H and O–H groups in total. The van der Waals surface area contributed by atoms with Crippen molar-refractivity contribution in [3.8, 4) is 0 Å². The Hall–Kier alpha value is -3.17. The molecule has 1 atom stereocenters. The van der Waals surface area contributed by atoms with Crippen LogP contribution in [0.15, 0.2) is 94.3 Å². The largest absolute Gasteiger partial charge is 0.350 e. The number of carbonyl (C=O) groups is 2. The Morgan fingerprint density at radius 1 is 0.921 bits per heavy atom. The van der Waals surface area contributed by atoms with E-state index in [1.54, 1.807) is 49.4 Å². The van der Waals surface area contributed by atoms with Crippen molar-refractivity contribution in [3.63, 3.8) is 0 Å². The summed E-state index contributed by atoms with van der Waals surface area (Å²) in [4.78, 5) is 28.5. The van der Waals surface area contributed by atoms with E-state index < -0.39 is 34.1 Å². The summed E-state index contributed by atoms with van der Waals surface area (Å²) in [6.07, 6.45) is 0.516. The van der Waals surface area contributed by atoms with Crippen LogP contribution in [-0.2, 0) is 26.0 Å². The molecule has 9 heteroatoms. The predicted molar refractivity (Wildman–Crippen MR) is 154 cm³/mol. The lowest BCUT2D eigenvalue weighted by Crippen LogP contribution is -2.55. The standard InChI is InChI=1S/C29H34BrN3O4S/c1-22(28(35)31-29(2,3)4)32(19-18-23-12-7-5-8-13-23)27(34)21-33(25-15-11-14-24(30)20-25)38(36,37)26-16-9-6-10-17-26/h5-17,20,22H,18-19,21H2,1-4H3,(H,31,35)/t22-/m1/s1. The first-order valence-corrected chi connectivity index (χ1v) is 14.6. The molecular weight excluding hydrogens is 566 g/mol. The lowest BCUT2D eigenvalue weighted by Gasteiger charge is -2.33. The van der Waals surface area contributed by atoms with E-state index in [9.17, 15) is 18.0 Å². The maximum absolute atomic E-state index is 13.9. The highest BCUT2D eigenvalue weighted by Gasteiger charge is 2.33. The van der Waals surface area contributed by atoms with Crippen molar-refractivity contribution in [3.05, 3.63) is 95.0 Å². The molecule has 0 heterocycles. The minimum Gasteiger partial charge on any atom is -0.350 e. The molecule has 0 saturated heterocycles. The summed E-state index contributed by atoms with van der Waals surface area (Å²) in [6.45, 7) is 7.06. The van der Waals surface area contributed by atoms with Gasteiger partial charge in [0.2, 0.25) is 11.8 Å². The van der Waals surface area contributed by atoms with E-state index in [4.69, 9.17) is 0 Å². The summed E-state index contributed by atoms with van der Waals surface area (Å²) in [5, 5.41) is 2.93. The first-order valence-electron chi connectivity index (χ1n) is 12.4. The van der Waals surface area contributed by atoms with Crippen LogP contribution in [0.4, 0.5) is 5.69 Å². The molecule has 3 aromatic carbocycles. The fourth-order valence-corrected chi connectivity index (χ4v) is 5.74. The average Bonchev–Trinajstić information content (AvgIpc) is 2.87. The topological polar surface area (TPSA) is 86.8 Å². The van der Waals surface area contributed by atoms with Gasteiger partial charge in [0, 0.05) is 16.6 Å². The maximum Gasteiger partial charge on any atom is 0.264 e. The van der Waals surface area contributed by atoms with Crippen LogP contribution in [0.1, 0.15) is 33.3 Å². The van der Waals surface area contributed by atoms with Crippen LogP contribution in [0, 0.1) is 0 Å². The van der Waals surface area contributed by atoms with Gasteiger partial charge in [-0.1, -0.05) is 70.5 Å². The summed E-state index contributed by atoms with van der Waals surface area (Å²) in [5.41, 5.74) is 0.860. The molecule has 3 rings (SSSR count). The van der Waals surface area contributed by atoms with E-state index in [2.05, 4.69) is 21.2 Å². The smallest absolute Gasteiger partial charge is 0.264 e. The Morgan fingerprint density at radius 2 is 1.53 bits per heavy atom. The van der Waals surface area contributed by atoms with E-state index in [0.29, 0.717) is 16.6 Å². The fourth-order valence-electron chi connectivity index (χ4n) is 3.92. The molecule has 2 amide bonds. The lowest BCUT2D eigenvalue weighted by atomic mass is 10.1. The molecule has 0 radical (unpaired) electrons. The third-order valence-electron chi connectivity index (χ3n) is 5.86. The summed E-state index contributed by atoms with van der Waals surface area (Å²) in [7, 11) is -4.08. The Balaban J connectivity index is 1.97. The molecule has 202 valence electrons. The van der Waals surface area contributed by atoms with Gasteiger partial charge in [-0.15, -0.1) is 0 Å². The van der Waals surface area contributed by atoms with Gasteiger partial charge in [-0.25, -0.2) is 8.42 Å². The predicted octanol–water partition coefficient (Wildman–Crippen LogP) is 5.02. The number of sulfonamides is 1. The summed E-state index contributed by atoms with van der Waals surface area (Å²) in [6, 6.07) is 23.6. The summed E-state index contributed by atoms with van der Waals surface area (Å²) >= 11 is 3.40. The average molecular weight is 601 g/mol. The van der Waals surface area contributed by atoms with Gasteiger partial charge in [0.25, 0.3) is 10.0 Å². The second-order valence-electron chi connectivity index (χ2n) is 10.0. The number of nitrogens with one attached hydrogen (secondary N) is 1. The first kappa shape index (κ1) is 29.4. The molecule has 38 heavy (non-hydrogen) atoms. The van der Waals surface area contributed by atoms with Crippen LogP contribution in [0.2, 0.25) is 0 Å². The van der Waals surface area contributed by atoms with Crippen molar-refractivity contribution in [2.24, 2.45) is 0 Å². The molecule has 3 aromatic rings. The highest BCUT2D eigenvalue weighted by atomic mass is 79.9. The number of nitrogens with zero attached hydrogens (tertiary/aromatic N) is 2. The zero-order chi connectivity index (χ0) is 27.9. The van der Waals surface area contributed by atoms with Crippen molar-refractivity contribution < 1.29 is 18.0 Å². The van der Waals surface area contributed by atoms with Crippen LogP contribution >= 0.6 is 15.9 Å². The zero-order valence-electron chi connectivity index (χ0n) is 22.1. The number of carbonyl (C=O) groups excluding carboxylic acids is 2. The van der Waals surface area contributed by atoms with Crippen molar-refractivity contribution in [2.75, 3.05) is 17.4 Å². The SMILES string of the molecule is C[C@H](C(=O)NC(C)(C)C)N(CCc1ccccc1)C(=O)CN(c1cccc(Br)c1)S(=O)(=O)c1ccccc1. The summed E-state index contributed by atoms with van der Waals surface area (Å²) < 4.78 is 29.2. The number of hydrogen-bond acceptors (Lipinski definition) is 4. The van der Waals surface area contributed by atoms with Gasteiger partial charge in [-0.05, 0) is 70.0 Å². The third kappa shape index (κ3) is 7.91.